The predicted octanol–water partition coefficient (Wildman–Crippen LogP) is 0.734. The van der Waals surface area contributed by atoms with Gasteiger partial charge < -0.3 is 20.0 Å². The van der Waals surface area contributed by atoms with Crippen molar-refractivity contribution in [1.82, 2.24) is 15.3 Å². The Labute approximate surface area is 105 Å². The van der Waals surface area contributed by atoms with Crippen molar-refractivity contribution < 1.29 is 4.74 Å². The third-order valence-electron chi connectivity index (χ3n) is 3.60. The highest BCUT2D eigenvalue weighted by molar-refractivity contribution is 5.75. The van der Waals surface area contributed by atoms with Crippen LogP contribution >= 0.6 is 0 Å². The topological polar surface area (TPSA) is 69.9 Å². The average molecular weight is 247 g/mol. The predicted molar refractivity (Wildman–Crippen MR) is 70.0 cm³/mol. The number of imidazole rings is 1. The molecule has 0 atom stereocenters. The number of aromatic nitrogens is 2. The highest BCUT2D eigenvalue weighted by Crippen LogP contribution is 2.32. The second-order valence-electron chi connectivity index (χ2n) is 4.89. The van der Waals surface area contributed by atoms with Gasteiger partial charge in [-0.25, -0.2) is 4.79 Å². The maximum absolute atomic E-state index is 11.3. The Morgan fingerprint density at radius 2 is 2.11 bits per heavy atom. The van der Waals surface area contributed by atoms with Crippen molar-refractivity contribution in [3.05, 3.63) is 34.2 Å². The van der Waals surface area contributed by atoms with E-state index in [1.165, 1.54) is 5.56 Å². The van der Waals surface area contributed by atoms with E-state index in [1.807, 2.05) is 12.1 Å². The lowest BCUT2D eigenvalue weighted by molar-refractivity contribution is -0.0587. The molecule has 5 heteroatoms. The standard InChI is InChI=1S/C13H17N3O2/c1-2-14-6-13(7-18-8-13)9-3-4-10-11(5-9)16-12(17)15-10/h3-5,14H,2,6-8H2,1H3,(H2,15,16,17). The monoisotopic (exact) mass is 247 g/mol. The van der Waals surface area contributed by atoms with E-state index in [0.29, 0.717) is 0 Å². The van der Waals surface area contributed by atoms with Gasteiger partial charge in [0.05, 0.1) is 29.7 Å². The van der Waals surface area contributed by atoms with Crippen molar-refractivity contribution in [2.75, 3.05) is 26.3 Å². The van der Waals surface area contributed by atoms with Crippen LogP contribution in [0.15, 0.2) is 23.0 Å². The Morgan fingerprint density at radius 1 is 1.33 bits per heavy atom. The minimum Gasteiger partial charge on any atom is -0.379 e. The van der Waals surface area contributed by atoms with Gasteiger partial charge in [-0.1, -0.05) is 13.0 Å². The van der Waals surface area contributed by atoms with Gasteiger partial charge in [-0.3, -0.25) is 0 Å². The molecule has 3 rings (SSSR count). The van der Waals surface area contributed by atoms with Crippen molar-refractivity contribution >= 4 is 11.0 Å². The Balaban J connectivity index is 1.99. The van der Waals surface area contributed by atoms with Gasteiger partial charge in [0.2, 0.25) is 0 Å². The van der Waals surface area contributed by atoms with Crippen LogP contribution in [0.2, 0.25) is 0 Å². The summed E-state index contributed by atoms with van der Waals surface area (Å²) < 4.78 is 5.39. The SMILES string of the molecule is CCNCC1(c2ccc3[nH]c(=O)[nH]c3c2)COC1. The smallest absolute Gasteiger partial charge is 0.323 e. The molecule has 1 aliphatic heterocycles. The van der Waals surface area contributed by atoms with E-state index >= 15 is 0 Å². The third kappa shape index (κ3) is 1.76. The maximum atomic E-state index is 11.3. The zero-order chi connectivity index (χ0) is 12.6. The molecule has 1 aliphatic rings. The molecule has 0 aliphatic carbocycles. The van der Waals surface area contributed by atoms with Crippen molar-refractivity contribution in [2.45, 2.75) is 12.3 Å². The normalized spacial score (nSPS) is 17.8. The van der Waals surface area contributed by atoms with Gasteiger partial charge in [-0.05, 0) is 24.2 Å². The number of aromatic amines is 2. The molecule has 5 nitrogen and oxygen atoms in total. The summed E-state index contributed by atoms with van der Waals surface area (Å²) in [5.74, 6) is 0. The molecule has 1 fully saturated rings. The van der Waals surface area contributed by atoms with Gasteiger partial charge >= 0.3 is 5.69 Å². The number of likely N-dealkylation sites (N-methyl/N-ethyl adjacent to an activating group) is 1. The van der Waals surface area contributed by atoms with E-state index in [-0.39, 0.29) is 11.1 Å². The number of hydrogen-bond acceptors (Lipinski definition) is 3. The number of fused-ring (bicyclic) bond motifs is 1. The second kappa shape index (κ2) is 4.26. The van der Waals surface area contributed by atoms with Crippen LogP contribution in [-0.4, -0.2) is 36.3 Å². The first kappa shape index (κ1) is 11.5. The fourth-order valence-electron chi connectivity index (χ4n) is 2.45. The van der Waals surface area contributed by atoms with E-state index in [1.54, 1.807) is 0 Å². The van der Waals surface area contributed by atoms with Gasteiger partial charge in [-0.2, -0.15) is 0 Å². The van der Waals surface area contributed by atoms with Crippen LogP contribution in [0, 0.1) is 0 Å². The molecular formula is C13H17N3O2. The number of H-pyrrole nitrogens is 2. The summed E-state index contributed by atoms with van der Waals surface area (Å²) in [4.78, 5) is 16.8. The highest BCUT2D eigenvalue weighted by Gasteiger charge is 2.40. The summed E-state index contributed by atoms with van der Waals surface area (Å²) in [5, 5.41) is 3.38. The summed E-state index contributed by atoms with van der Waals surface area (Å²) in [6.45, 7) is 5.43. The maximum Gasteiger partial charge on any atom is 0.323 e. The van der Waals surface area contributed by atoms with Gasteiger partial charge in [0.25, 0.3) is 0 Å². The molecule has 0 saturated carbocycles. The largest absolute Gasteiger partial charge is 0.379 e. The van der Waals surface area contributed by atoms with Gasteiger partial charge in [0, 0.05) is 6.54 Å². The first-order valence-electron chi connectivity index (χ1n) is 6.24. The molecule has 0 amide bonds. The first-order chi connectivity index (χ1) is 8.73. The van der Waals surface area contributed by atoms with Crippen molar-refractivity contribution in [3.8, 4) is 0 Å². The Hall–Kier alpha value is -1.59. The quantitative estimate of drug-likeness (QED) is 0.746. The minimum absolute atomic E-state index is 0.0539. The molecule has 0 unspecified atom stereocenters. The molecule has 2 aromatic rings. The number of nitrogens with one attached hydrogen (secondary N) is 3. The lowest BCUT2D eigenvalue weighted by Gasteiger charge is -2.42. The van der Waals surface area contributed by atoms with Gasteiger partial charge in [0.15, 0.2) is 0 Å². The molecule has 2 heterocycles. The minimum atomic E-state index is -0.159. The molecular weight excluding hydrogens is 230 g/mol. The Bertz CT molecular complexity index is 610. The van der Waals surface area contributed by atoms with Crippen LogP contribution in [0.5, 0.6) is 0 Å². The Morgan fingerprint density at radius 3 is 2.78 bits per heavy atom. The van der Waals surface area contributed by atoms with E-state index < -0.39 is 0 Å². The highest BCUT2D eigenvalue weighted by atomic mass is 16.5. The number of hydrogen-bond donors (Lipinski definition) is 3. The van der Waals surface area contributed by atoms with Crippen LogP contribution in [0.1, 0.15) is 12.5 Å². The summed E-state index contributed by atoms with van der Waals surface area (Å²) in [7, 11) is 0. The molecule has 18 heavy (non-hydrogen) atoms. The fraction of sp³-hybridized carbons (Fsp3) is 0.462. The zero-order valence-corrected chi connectivity index (χ0v) is 10.4. The van der Waals surface area contributed by atoms with Crippen molar-refractivity contribution in [1.29, 1.82) is 0 Å². The van der Waals surface area contributed by atoms with E-state index in [0.717, 1.165) is 37.3 Å². The molecule has 1 aromatic heterocycles. The summed E-state index contributed by atoms with van der Waals surface area (Å²) in [6, 6.07) is 6.08. The van der Waals surface area contributed by atoms with Crippen LogP contribution in [0.25, 0.3) is 11.0 Å². The van der Waals surface area contributed by atoms with E-state index in [9.17, 15) is 4.79 Å². The summed E-state index contributed by atoms with van der Waals surface area (Å²) in [5.41, 5.74) is 2.83. The first-order valence-corrected chi connectivity index (χ1v) is 6.24. The zero-order valence-electron chi connectivity index (χ0n) is 10.4. The van der Waals surface area contributed by atoms with E-state index in [2.05, 4.69) is 28.3 Å². The third-order valence-corrected chi connectivity index (χ3v) is 3.60. The fourth-order valence-corrected chi connectivity index (χ4v) is 2.45. The molecule has 0 radical (unpaired) electrons. The van der Waals surface area contributed by atoms with Crippen LogP contribution < -0.4 is 11.0 Å². The van der Waals surface area contributed by atoms with Crippen molar-refractivity contribution in [3.63, 3.8) is 0 Å². The summed E-state index contributed by atoms with van der Waals surface area (Å²) in [6.07, 6.45) is 0. The molecule has 0 bridgehead atoms. The van der Waals surface area contributed by atoms with Gasteiger partial charge in [0.1, 0.15) is 0 Å². The van der Waals surface area contributed by atoms with Crippen LogP contribution in [-0.2, 0) is 10.2 Å². The number of rotatable bonds is 4. The molecule has 3 N–H and O–H groups in total. The average Bonchev–Trinajstić information content (AvgIpc) is 2.67. The van der Waals surface area contributed by atoms with E-state index in [4.69, 9.17) is 4.74 Å². The molecule has 1 saturated heterocycles. The second-order valence-corrected chi connectivity index (χ2v) is 4.89. The lowest BCUT2D eigenvalue weighted by Crippen LogP contribution is -2.53. The van der Waals surface area contributed by atoms with Crippen molar-refractivity contribution in [2.24, 2.45) is 0 Å². The number of ether oxygens (including phenoxy) is 1. The number of benzene rings is 1. The summed E-state index contributed by atoms with van der Waals surface area (Å²) >= 11 is 0. The molecule has 1 aromatic carbocycles. The van der Waals surface area contributed by atoms with Gasteiger partial charge in [-0.15, -0.1) is 0 Å². The van der Waals surface area contributed by atoms with Crippen LogP contribution in [0.4, 0.5) is 0 Å². The Kier molecular flexibility index (Phi) is 2.72. The molecule has 96 valence electrons. The molecule has 0 spiro atoms. The van der Waals surface area contributed by atoms with Crippen LogP contribution in [0.3, 0.4) is 0 Å². The lowest BCUT2D eigenvalue weighted by atomic mass is 9.78.